The first kappa shape index (κ1) is 20.2. The summed E-state index contributed by atoms with van der Waals surface area (Å²) in [5.74, 6) is 0.826. The second-order valence-corrected chi connectivity index (χ2v) is 9.01. The zero-order chi connectivity index (χ0) is 22.4. The van der Waals surface area contributed by atoms with Gasteiger partial charge in [-0.1, -0.05) is 6.07 Å². The van der Waals surface area contributed by atoms with E-state index >= 15 is 0 Å². The average molecular weight is 441 g/mol. The molecule has 7 nitrogen and oxygen atoms in total. The van der Waals surface area contributed by atoms with E-state index in [0.717, 1.165) is 55.3 Å². The number of aromatic nitrogens is 3. The van der Waals surface area contributed by atoms with Gasteiger partial charge in [-0.15, -0.1) is 0 Å². The lowest BCUT2D eigenvalue weighted by Crippen LogP contribution is -2.38. The number of rotatable bonds is 4. The maximum absolute atomic E-state index is 9.96. The maximum Gasteiger partial charge on any atom is 0.140 e. The van der Waals surface area contributed by atoms with Crippen molar-refractivity contribution in [2.75, 3.05) is 23.3 Å². The van der Waals surface area contributed by atoms with Crippen molar-refractivity contribution in [1.29, 1.82) is 0 Å². The lowest BCUT2D eigenvalue weighted by atomic mass is 9.94. The number of nitrogens with zero attached hydrogens (tertiary/aromatic N) is 4. The van der Waals surface area contributed by atoms with Crippen molar-refractivity contribution in [3.63, 3.8) is 0 Å². The number of β-amino-alcohol motifs (C(OH)–C–C–N with tert-alkyl or cyclic N) is 1. The molecule has 0 radical (unpaired) electrons. The summed E-state index contributed by atoms with van der Waals surface area (Å²) < 4.78 is 2.06. The van der Waals surface area contributed by atoms with Crippen molar-refractivity contribution in [3.8, 4) is 11.1 Å². The molecule has 4 aromatic rings. The molecule has 0 spiro atoms. The number of aryl methyl sites for hydroxylation is 1. The molecule has 1 saturated heterocycles. The highest BCUT2D eigenvalue weighted by Gasteiger charge is 2.21. The second kappa shape index (κ2) is 8.17. The largest absolute Gasteiger partial charge is 0.391 e. The monoisotopic (exact) mass is 440 g/mol. The molecule has 3 N–H and O–H groups in total. The van der Waals surface area contributed by atoms with E-state index < -0.39 is 0 Å². The summed E-state index contributed by atoms with van der Waals surface area (Å²) in [7, 11) is 2.03. The second-order valence-electron chi connectivity index (χ2n) is 9.01. The smallest absolute Gasteiger partial charge is 0.140 e. The van der Waals surface area contributed by atoms with Gasteiger partial charge in [-0.05, 0) is 65.4 Å². The van der Waals surface area contributed by atoms with Crippen LogP contribution in [0, 0.1) is 0 Å². The molecule has 6 rings (SSSR count). The fourth-order valence-electron chi connectivity index (χ4n) is 5.15. The summed E-state index contributed by atoms with van der Waals surface area (Å²) in [6.07, 6.45) is 7.51. The number of piperidine rings is 1. The number of pyridine rings is 2. The van der Waals surface area contributed by atoms with Crippen LogP contribution in [0.4, 0.5) is 17.2 Å². The molecule has 0 aliphatic carbocycles. The quantitative estimate of drug-likeness (QED) is 0.446. The van der Waals surface area contributed by atoms with Gasteiger partial charge < -0.3 is 25.2 Å². The zero-order valence-electron chi connectivity index (χ0n) is 18.8. The van der Waals surface area contributed by atoms with Gasteiger partial charge in [0.1, 0.15) is 11.5 Å². The summed E-state index contributed by atoms with van der Waals surface area (Å²) in [6, 6.07) is 12.7. The number of aliphatic hydroxyl groups excluding tert-OH is 1. The Morgan fingerprint density at radius 2 is 1.94 bits per heavy atom. The first-order valence-electron chi connectivity index (χ1n) is 11.6. The standard InChI is InChI=1S/C26H28N6O/c1-31-12-9-21-20(8-10-28-26(21)31)19-5-6-24(23-15-27-14-22(19)23)30-25-7-4-17(13-29-25)32-11-2-3-18(33)16-32/h4-10,12-13,18,27,33H,2-3,11,14-16H2,1H3,(H,29,30)/t18-/m0/s1. The lowest BCUT2D eigenvalue weighted by Gasteiger charge is -2.31. The van der Waals surface area contributed by atoms with Crippen molar-refractivity contribution >= 4 is 28.2 Å². The number of anilines is 3. The molecule has 168 valence electrons. The zero-order valence-corrected chi connectivity index (χ0v) is 18.8. The first-order chi connectivity index (χ1) is 16.2. The Morgan fingerprint density at radius 1 is 1.03 bits per heavy atom. The molecular weight excluding hydrogens is 412 g/mol. The van der Waals surface area contributed by atoms with E-state index in [1.165, 1.54) is 27.6 Å². The topological polar surface area (TPSA) is 78.2 Å². The third-order valence-corrected chi connectivity index (χ3v) is 6.87. The predicted octanol–water partition coefficient (Wildman–Crippen LogP) is 3.94. The van der Waals surface area contributed by atoms with E-state index in [9.17, 15) is 5.11 Å². The third kappa shape index (κ3) is 3.63. The van der Waals surface area contributed by atoms with Crippen LogP contribution in [0.15, 0.2) is 55.0 Å². The van der Waals surface area contributed by atoms with Crippen LogP contribution in [-0.4, -0.2) is 38.8 Å². The van der Waals surface area contributed by atoms with Crippen LogP contribution in [-0.2, 0) is 20.1 Å². The minimum atomic E-state index is -0.248. The summed E-state index contributed by atoms with van der Waals surface area (Å²) in [5.41, 5.74) is 8.25. The highest BCUT2D eigenvalue weighted by molar-refractivity contribution is 5.95. The maximum atomic E-state index is 9.96. The van der Waals surface area contributed by atoms with Crippen molar-refractivity contribution < 1.29 is 5.11 Å². The highest BCUT2D eigenvalue weighted by Crippen LogP contribution is 2.37. The number of aliphatic hydroxyl groups is 1. The third-order valence-electron chi connectivity index (χ3n) is 6.87. The Morgan fingerprint density at radius 3 is 2.79 bits per heavy atom. The highest BCUT2D eigenvalue weighted by atomic mass is 16.3. The molecule has 5 heterocycles. The Labute approximate surface area is 193 Å². The van der Waals surface area contributed by atoms with E-state index in [1.807, 2.05) is 25.5 Å². The summed E-state index contributed by atoms with van der Waals surface area (Å²) in [6.45, 7) is 3.33. The Balaban J connectivity index is 1.30. The van der Waals surface area contributed by atoms with E-state index in [1.54, 1.807) is 0 Å². The molecule has 33 heavy (non-hydrogen) atoms. The van der Waals surface area contributed by atoms with Gasteiger partial charge in [0, 0.05) is 56.7 Å². The van der Waals surface area contributed by atoms with Crippen LogP contribution >= 0.6 is 0 Å². The molecule has 0 unspecified atom stereocenters. The molecule has 1 atom stereocenters. The molecule has 1 aromatic carbocycles. The fraction of sp³-hybridized carbons (Fsp3) is 0.308. The van der Waals surface area contributed by atoms with E-state index in [2.05, 4.69) is 66.6 Å². The molecule has 0 bridgehead atoms. The normalized spacial score (nSPS) is 18.0. The Bertz CT molecular complexity index is 1310. The molecule has 0 saturated carbocycles. The van der Waals surface area contributed by atoms with Crippen LogP contribution in [0.3, 0.4) is 0 Å². The molecule has 2 aliphatic rings. The van der Waals surface area contributed by atoms with Crippen LogP contribution in [0.5, 0.6) is 0 Å². The molecule has 7 heteroatoms. The van der Waals surface area contributed by atoms with E-state index in [-0.39, 0.29) is 6.10 Å². The predicted molar refractivity (Wildman–Crippen MR) is 132 cm³/mol. The van der Waals surface area contributed by atoms with Gasteiger partial charge >= 0.3 is 0 Å². The fourth-order valence-corrected chi connectivity index (χ4v) is 5.15. The van der Waals surface area contributed by atoms with Gasteiger partial charge in [0.15, 0.2) is 0 Å². The number of nitrogens with one attached hydrogen (secondary N) is 2. The minimum absolute atomic E-state index is 0.248. The van der Waals surface area contributed by atoms with Crippen molar-refractivity contribution in [2.45, 2.75) is 32.0 Å². The molecular formula is C26H28N6O. The van der Waals surface area contributed by atoms with Crippen LogP contribution in [0.2, 0.25) is 0 Å². The van der Waals surface area contributed by atoms with E-state index in [0.29, 0.717) is 6.54 Å². The average Bonchev–Trinajstić information content (AvgIpc) is 3.48. The number of hydrogen-bond donors (Lipinski definition) is 3. The number of benzene rings is 1. The van der Waals surface area contributed by atoms with E-state index in [4.69, 9.17) is 0 Å². The Hall–Kier alpha value is -3.42. The minimum Gasteiger partial charge on any atom is -0.391 e. The number of hydrogen-bond acceptors (Lipinski definition) is 6. The lowest BCUT2D eigenvalue weighted by molar-refractivity contribution is 0.154. The number of fused-ring (bicyclic) bond motifs is 2. The van der Waals surface area contributed by atoms with Crippen LogP contribution in [0.1, 0.15) is 24.0 Å². The van der Waals surface area contributed by atoms with Crippen LogP contribution in [0.25, 0.3) is 22.2 Å². The van der Waals surface area contributed by atoms with Gasteiger partial charge in [-0.2, -0.15) is 0 Å². The SMILES string of the molecule is Cn1ccc2c(-c3ccc(Nc4ccc(N5CCC[C@H](O)C5)cn4)c4c3CNC4)ccnc21. The molecule has 2 aliphatic heterocycles. The summed E-state index contributed by atoms with van der Waals surface area (Å²) >= 11 is 0. The molecule has 0 amide bonds. The molecule has 3 aromatic heterocycles. The van der Waals surface area contributed by atoms with Crippen molar-refractivity contribution in [3.05, 3.63) is 66.1 Å². The van der Waals surface area contributed by atoms with Gasteiger partial charge in [0.25, 0.3) is 0 Å². The first-order valence-corrected chi connectivity index (χ1v) is 11.6. The van der Waals surface area contributed by atoms with Crippen molar-refractivity contribution in [1.82, 2.24) is 19.9 Å². The Kier molecular flexibility index (Phi) is 5.00. The molecule has 1 fully saturated rings. The van der Waals surface area contributed by atoms with Gasteiger partial charge in [0.05, 0.1) is 18.0 Å². The van der Waals surface area contributed by atoms with Gasteiger partial charge in [0.2, 0.25) is 0 Å². The van der Waals surface area contributed by atoms with Gasteiger partial charge in [-0.25, -0.2) is 9.97 Å². The summed E-state index contributed by atoms with van der Waals surface area (Å²) in [4.78, 5) is 11.4. The summed E-state index contributed by atoms with van der Waals surface area (Å²) in [5, 5.41) is 18.2. The van der Waals surface area contributed by atoms with Crippen molar-refractivity contribution in [2.24, 2.45) is 7.05 Å². The van der Waals surface area contributed by atoms with Crippen LogP contribution < -0.4 is 15.5 Å². The van der Waals surface area contributed by atoms with Gasteiger partial charge in [-0.3, -0.25) is 0 Å².